The van der Waals surface area contributed by atoms with Gasteiger partial charge in [-0.2, -0.15) is 0 Å². The Kier molecular flexibility index (Phi) is 7.02. The second-order valence-corrected chi connectivity index (χ2v) is 6.85. The fraction of sp³-hybridized carbons (Fsp3) is 0.474. The van der Waals surface area contributed by atoms with E-state index in [1.807, 2.05) is 29.0 Å². The molecule has 1 aromatic carbocycles. The summed E-state index contributed by atoms with van der Waals surface area (Å²) in [6.07, 6.45) is 9.80. The number of imidazole rings is 1. The molecule has 1 amide bonds. The number of nitrogens with one attached hydrogen (secondary N) is 1. The van der Waals surface area contributed by atoms with Gasteiger partial charge in [-0.3, -0.25) is 10.1 Å². The van der Waals surface area contributed by atoms with Gasteiger partial charge in [-0.05, 0) is 30.4 Å². The fourth-order valence-corrected chi connectivity index (χ4v) is 3.61. The van der Waals surface area contributed by atoms with E-state index in [0.29, 0.717) is 25.5 Å². The minimum atomic E-state index is -0.0286. The van der Waals surface area contributed by atoms with Crippen molar-refractivity contribution in [1.29, 1.82) is 0 Å². The molecule has 0 aliphatic heterocycles. The molecule has 3 rings (SSSR count). The van der Waals surface area contributed by atoms with E-state index in [0.717, 1.165) is 12.8 Å². The second kappa shape index (κ2) is 9.02. The minimum absolute atomic E-state index is 0. The van der Waals surface area contributed by atoms with Gasteiger partial charge >= 0.3 is 0 Å². The Morgan fingerprint density at radius 1 is 1.20 bits per heavy atom. The highest BCUT2D eigenvalue weighted by Crippen LogP contribution is 2.38. The molecule has 3 N–H and O–H groups in total. The zero-order valence-electron chi connectivity index (χ0n) is 14.5. The van der Waals surface area contributed by atoms with E-state index in [1.165, 1.54) is 24.8 Å². The predicted molar refractivity (Wildman–Crippen MR) is 103 cm³/mol. The van der Waals surface area contributed by atoms with Crippen LogP contribution in [0, 0.1) is 5.41 Å². The van der Waals surface area contributed by atoms with Gasteiger partial charge in [0.15, 0.2) is 0 Å². The van der Waals surface area contributed by atoms with Crippen LogP contribution in [0.5, 0.6) is 0 Å². The molecule has 136 valence electrons. The summed E-state index contributed by atoms with van der Waals surface area (Å²) in [6.45, 7) is 1.28. The zero-order valence-corrected chi connectivity index (χ0v) is 15.3. The molecule has 0 spiro atoms. The number of aromatic nitrogens is 2. The first-order valence-corrected chi connectivity index (χ1v) is 8.76. The largest absolute Gasteiger partial charge is 0.330 e. The molecular formula is C19H27ClN4O. The van der Waals surface area contributed by atoms with Gasteiger partial charge in [-0.1, -0.05) is 49.6 Å². The molecule has 2 aromatic rings. The van der Waals surface area contributed by atoms with Gasteiger partial charge in [0.05, 0.1) is 6.54 Å². The summed E-state index contributed by atoms with van der Waals surface area (Å²) < 4.78 is 1.96. The molecule has 0 unspecified atom stereocenters. The number of rotatable bonds is 6. The first-order valence-electron chi connectivity index (χ1n) is 8.76. The van der Waals surface area contributed by atoms with Gasteiger partial charge in [-0.25, -0.2) is 4.98 Å². The number of carbonyl (C=O) groups excluding carboxylic acids is 1. The summed E-state index contributed by atoms with van der Waals surface area (Å²) in [5, 5.41) is 2.97. The zero-order chi connectivity index (χ0) is 16.8. The van der Waals surface area contributed by atoms with Crippen molar-refractivity contribution >= 4 is 24.3 Å². The van der Waals surface area contributed by atoms with E-state index in [2.05, 4.69) is 22.4 Å². The maximum absolute atomic E-state index is 12.5. The molecule has 1 saturated carbocycles. The number of hydrogen-bond donors (Lipinski definition) is 2. The summed E-state index contributed by atoms with van der Waals surface area (Å²) in [4.78, 5) is 16.8. The van der Waals surface area contributed by atoms with Crippen LogP contribution in [0.2, 0.25) is 0 Å². The molecule has 0 radical (unpaired) electrons. The standard InChI is InChI=1S/C19H26N4O.ClH/c20-15-19(9-5-2-6-10-19)13-17(24)22-18-21-11-12-23(18)14-16-7-3-1-4-8-16;/h1,3-4,7-8,11-12H,2,5-6,9-10,13-15,20H2,(H,21,22,24);1H. The van der Waals surface area contributed by atoms with Crippen LogP contribution in [0.4, 0.5) is 5.95 Å². The van der Waals surface area contributed by atoms with Crippen molar-refractivity contribution in [2.45, 2.75) is 45.1 Å². The SMILES string of the molecule is Cl.NCC1(CC(=O)Nc2nccn2Cc2ccccc2)CCCCC1. The van der Waals surface area contributed by atoms with Crippen LogP contribution in [0.15, 0.2) is 42.7 Å². The molecule has 6 heteroatoms. The molecular weight excluding hydrogens is 336 g/mol. The minimum Gasteiger partial charge on any atom is -0.330 e. The summed E-state index contributed by atoms with van der Waals surface area (Å²) in [7, 11) is 0. The lowest BCUT2D eigenvalue weighted by atomic mass is 9.72. The van der Waals surface area contributed by atoms with Crippen LogP contribution in [0.1, 0.15) is 44.1 Å². The summed E-state index contributed by atoms with van der Waals surface area (Å²) in [5.41, 5.74) is 7.14. The van der Waals surface area contributed by atoms with Crippen LogP contribution in [-0.2, 0) is 11.3 Å². The van der Waals surface area contributed by atoms with Crippen molar-refractivity contribution in [2.24, 2.45) is 11.1 Å². The Morgan fingerprint density at radius 2 is 1.92 bits per heavy atom. The lowest BCUT2D eigenvalue weighted by Crippen LogP contribution is -2.36. The summed E-state index contributed by atoms with van der Waals surface area (Å²) in [6, 6.07) is 10.2. The number of halogens is 1. The maximum Gasteiger partial charge on any atom is 0.227 e. The van der Waals surface area contributed by atoms with Crippen LogP contribution < -0.4 is 11.1 Å². The maximum atomic E-state index is 12.5. The first kappa shape index (κ1) is 19.5. The molecule has 0 atom stereocenters. The monoisotopic (exact) mass is 362 g/mol. The number of nitrogens with zero attached hydrogens (tertiary/aromatic N) is 2. The second-order valence-electron chi connectivity index (χ2n) is 6.85. The molecule has 1 fully saturated rings. The van der Waals surface area contributed by atoms with Gasteiger partial charge < -0.3 is 10.3 Å². The highest BCUT2D eigenvalue weighted by atomic mass is 35.5. The van der Waals surface area contributed by atoms with Gasteiger partial charge in [0.2, 0.25) is 11.9 Å². The quantitative estimate of drug-likeness (QED) is 0.824. The lowest BCUT2D eigenvalue weighted by Gasteiger charge is -2.35. The number of hydrogen-bond acceptors (Lipinski definition) is 3. The van der Waals surface area contributed by atoms with Gasteiger partial charge in [-0.15, -0.1) is 12.4 Å². The molecule has 0 saturated heterocycles. The smallest absolute Gasteiger partial charge is 0.227 e. The van der Waals surface area contributed by atoms with Gasteiger partial charge in [0.25, 0.3) is 0 Å². The average Bonchev–Trinajstić information content (AvgIpc) is 3.03. The Morgan fingerprint density at radius 3 is 2.60 bits per heavy atom. The average molecular weight is 363 g/mol. The first-order chi connectivity index (χ1) is 11.7. The van der Waals surface area contributed by atoms with E-state index < -0.39 is 0 Å². The Bertz CT molecular complexity index is 665. The molecule has 1 aliphatic carbocycles. The molecule has 0 bridgehead atoms. The van der Waals surface area contributed by atoms with E-state index in [-0.39, 0.29) is 23.7 Å². The third-order valence-electron chi connectivity index (χ3n) is 5.05. The van der Waals surface area contributed by atoms with Gasteiger partial charge in [0.1, 0.15) is 0 Å². The van der Waals surface area contributed by atoms with Crippen molar-refractivity contribution < 1.29 is 4.79 Å². The van der Waals surface area contributed by atoms with Crippen molar-refractivity contribution in [3.05, 3.63) is 48.3 Å². The van der Waals surface area contributed by atoms with Crippen LogP contribution in [-0.4, -0.2) is 22.0 Å². The Labute approximate surface area is 155 Å². The van der Waals surface area contributed by atoms with Crippen LogP contribution >= 0.6 is 12.4 Å². The molecule has 1 heterocycles. The van der Waals surface area contributed by atoms with E-state index >= 15 is 0 Å². The number of nitrogens with two attached hydrogens (primary N) is 1. The van der Waals surface area contributed by atoms with Crippen LogP contribution in [0.25, 0.3) is 0 Å². The highest BCUT2D eigenvalue weighted by Gasteiger charge is 2.33. The van der Waals surface area contributed by atoms with Gasteiger partial charge in [0, 0.05) is 18.8 Å². The topological polar surface area (TPSA) is 72.9 Å². The van der Waals surface area contributed by atoms with E-state index in [1.54, 1.807) is 6.20 Å². The van der Waals surface area contributed by atoms with E-state index in [9.17, 15) is 4.79 Å². The third kappa shape index (κ3) is 5.06. The number of anilines is 1. The normalized spacial score (nSPS) is 16.0. The fourth-order valence-electron chi connectivity index (χ4n) is 3.61. The number of carbonyl (C=O) groups is 1. The lowest BCUT2D eigenvalue weighted by molar-refractivity contribution is -0.118. The summed E-state index contributed by atoms with van der Waals surface area (Å²) >= 11 is 0. The third-order valence-corrected chi connectivity index (χ3v) is 5.05. The van der Waals surface area contributed by atoms with Crippen molar-refractivity contribution in [3.8, 4) is 0 Å². The Balaban J connectivity index is 0.00000225. The molecule has 5 nitrogen and oxygen atoms in total. The Hall–Kier alpha value is -1.85. The molecule has 1 aromatic heterocycles. The van der Waals surface area contributed by atoms with Crippen LogP contribution in [0.3, 0.4) is 0 Å². The number of benzene rings is 1. The van der Waals surface area contributed by atoms with Crippen molar-refractivity contribution in [3.63, 3.8) is 0 Å². The molecule has 1 aliphatic rings. The number of amides is 1. The predicted octanol–water partition coefficient (Wildman–Crippen LogP) is 3.59. The van der Waals surface area contributed by atoms with E-state index in [4.69, 9.17) is 5.73 Å². The highest BCUT2D eigenvalue weighted by molar-refractivity contribution is 5.89. The summed E-state index contributed by atoms with van der Waals surface area (Å²) in [5.74, 6) is 0.620. The van der Waals surface area contributed by atoms with Crippen molar-refractivity contribution in [1.82, 2.24) is 9.55 Å². The van der Waals surface area contributed by atoms with Crippen molar-refractivity contribution in [2.75, 3.05) is 11.9 Å². The molecule has 25 heavy (non-hydrogen) atoms.